The first-order valence-corrected chi connectivity index (χ1v) is 9.23. The van der Waals surface area contributed by atoms with Crippen molar-refractivity contribution in [2.45, 2.75) is 31.6 Å². The molecule has 6 heteroatoms. The van der Waals surface area contributed by atoms with Crippen LogP contribution in [0.3, 0.4) is 0 Å². The molecule has 2 aliphatic rings. The Hall–Kier alpha value is -1.64. The third-order valence-electron chi connectivity index (χ3n) is 5.21. The third kappa shape index (κ3) is 3.13. The second-order valence-electron chi connectivity index (χ2n) is 7.03. The molecule has 0 aromatic heterocycles. The molecule has 4 rings (SSSR count). The predicted molar refractivity (Wildman–Crippen MR) is 100 cm³/mol. The van der Waals surface area contributed by atoms with E-state index >= 15 is 0 Å². The molecule has 0 saturated carbocycles. The van der Waals surface area contributed by atoms with E-state index in [0.29, 0.717) is 18.7 Å². The molecule has 0 N–H and O–H groups in total. The van der Waals surface area contributed by atoms with Gasteiger partial charge in [0.15, 0.2) is 0 Å². The normalized spacial score (nSPS) is 18.3. The smallest absolute Gasteiger partial charge is 0.270 e. The average Bonchev–Trinajstić information content (AvgIpc) is 2.85. The van der Waals surface area contributed by atoms with Gasteiger partial charge in [-0.15, -0.1) is 11.1 Å². The summed E-state index contributed by atoms with van der Waals surface area (Å²) >= 11 is 6.68. The maximum atomic E-state index is 12.9. The fourth-order valence-corrected chi connectivity index (χ4v) is 4.14. The van der Waals surface area contributed by atoms with E-state index in [0.717, 1.165) is 29.5 Å². The van der Waals surface area contributed by atoms with Gasteiger partial charge in [0, 0.05) is 34.2 Å². The molecule has 2 fully saturated rings. The standard InChI is InChI=1S/C21H20ClN2O2.W/c1-14-5-7-16(8-6-14)17-9-10-18(15(2)13-17)21(22)19(25)23-11-3-4-12-24(23)20(21)26;/h5-9,13H,3-4,11-12H2,1-2H3;/q-1;. The van der Waals surface area contributed by atoms with Crippen molar-refractivity contribution in [3.8, 4) is 11.1 Å². The topological polar surface area (TPSA) is 40.6 Å². The van der Waals surface area contributed by atoms with Gasteiger partial charge in [-0.3, -0.25) is 9.59 Å². The maximum absolute atomic E-state index is 12.9. The summed E-state index contributed by atoms with van der Waals surface area (Å²) in [6.07, 6.45) is 1.77. The molecule has 0 aliphatic carbocycles. The number of aryl methyl sites for hydroxylation is 2. The van der Waals surface area contributed by atoms with Gasteiger partial charge in [0.25, 0.3) is 11.8 Å². The molecule has 27 heavy (non-hydrogen) atoms. The van der Waals surface area contributed by atoms with E-state index in [1.165, 1.54) is 15.6 Å². The van der Waals surface area contributed by atoms with E-state index in [4.69, 9.17) is 11.6 Å². The number of alkyl halides is 1. The van der Waals surface area contributed by atoms with Gasteiger partial charge >= 0.3 is 0 Å². The summed E-state index contributed by atoms with van der Waals surface area (Å²) in [6.45, 7) is 5.00. The molecule has 2 aliphatic heterocycles. The molecular weight excluding hydrogens is 532 g/mol. The Morgan fingerprint density at radius 3 is 2.04 bits per heavy atom. The first-order chi connectivity index (χ1) is 12.4. The van der Waals surface area contributed by atoms with Crippen LogP contribution >= 0.6 is 11.6 Å². The number of halogens is 1. The van der Waals surface area contributed by atoms with Crippen LogP contribution in [0.2, 0.25) is 0 Å². The molecule has 2 saturated heterocycles. The van der Waals surface area contributed by atoms with Crippen LogP contribution < -0.4 is 0 Å². The molecule has 140 valence electrons. The van der Waals surface area contributed by atoms with Crippen molar-refractivity contribution in [1.82, 2.24) is 10.0 Å². The largest absolute Gasteiger partial charge is 0.274 e. The molecule has 0 unspecified atom stereocenters. The molecule has 0 atom stereocenters. The average molecular weight is 552 g/mol. The Morgan fingerprint density at radius 1 is 0.963 bits per heavy atom. The Labute approximate surface area is 178 Å². The van der Waals surface area contributed by atoms with E-state index < -0.39 is 4.87 Å². The zero-order valence-corrected chi connectivity index (χ0v) is 19.0. The number of amides is 2. The quantitative estimate of drug-likeness (QED) is 0.325. The van der Waals surface area contributed by atoms with Crippen molar-refractivity contribution < 1.29 is 30.7 Å². The molecular formula is C21H20ClN2O2W-. The molecule has 2 aromatic rings. The van der Waals surface area contributed by atoms with Gasteiger partial charge in [0.05, 0.1) is 0 Å². The van der Waals surface area contributed by atoms with Crippen LogP contribution in [-0.2, 0) is 35.5 Å². The Morgan fingerprint density at radius 2 is 1.52 bits per heavy atom. The number of carbonyl (C=O) groups is 2. The number of hydrogen-bond donors (Lipinski definition) is 0. The fourth-order valence-electron chi connectivity index (χ4n) is 3.74. The minimum atomic E-state index is -1.69. The van der Waals surface area contributed by atoms with Gasteiger partial charge in [-0.25, -0.2) is 10.0 Å². The Kier molecular flexibility index (Phi) is 5.51. The third-order valence-corrected chi connectivity index (χ3v) is 5.72. The molecule has 0 spiro atoms. The summed E-state index contributed by atoms with van der Waals surface area (Å²) in [5.74, 6) is -0.711. The summed E-state index contributed by atoms with van der Waals surface area (Å²) in [6, 6.07) is 15.1. The maximum Gasteiger partial charge on any atom is 0.274 e. The Bertz CT molecular complexity index is 874. The number of hydrogen-bond acceptors (Lipinski definition) is 2. The van der Waals surface area contributed by atoms with Gasteiger partial charge in [0.2, 0.25) is 4.87 Å². The predicted octanol–water partition coefficient (Wildman–Crippen LogP) is 3.58. The summed E-state index contributed by atoms with van der Waals surface area (Å²) in [5.41, 5.74) is 4.50. The second-order valence-corrected chi connectivity index (χ2v) is 7.60. The SMILES string of the molecule is Cc1ccc(-c2c[c-]c(C3(Cl)C(=O)N4CCCCN4C3=O)c(C)c2)cc1.[W]. The van der Waals surface area contributed by atoms with E-state index in [1.807, 2.05) is 38.1 Å². The summed E-state index contributed by atoms with van der Waals surface area (Å²) in [7, 11) is 0. The number of benzene rings is 2. The van der Waals surface area contributed by atoms with E-state index in [2.05, 4.69) is 18.2 Å². The monoisotopic (exact) mass is 551 g/mol. The van der Waals surface area contributed by atoms with Gasteiger partial charge in [-0.2, -0.15) is 23.8 Å². The van der Waals surface area contributed by atoms with Crippen molar-refractivity contribution in [3.63, 3.8) is 0 Å². The number of nitrogens with zero attached hydrogens (tertiary/aromatic N) is 2. The van der Waals surface area contributed by atoms with Crippen molar-refractivity contribution in [1.29, 1.82) is 0 Å². The summed E-state index contributed by atoms with van der Waals surface area (Å²) in [4.78, 5) is 24.2. The van der Waals surface area contributed by atoms with Crippen molar-refractivity contribution in [2.24, 2.45) is 0 Å². The fraction of sp³-hybridized carbons (Fsp3) is 0.333. The van der Waals surface area contributed by atoms with Crippen LogP contribution in [0.15, 0.2) is 36.4 Å². The molecule has 2 amide bonds. The summed E-state index contributed by atoms with van der Waals surface area (Å²) < 4.78 is 0. The molecule has 2 aromatic carbocycles. The van der Waals surface area contributed by atoms with Crippen LogP contribution in [0.1, 0.15) is 29.5 Å². The van der Waals surface area contributed by atoms with Crippen molar-refractivity contribution in [2.75, 3.05) is 13.1 Å². The van der Waals surface area contributed by atoms with Crippen LogP contribution in [0.25, 0.3) is 11.1 Å². The Balaban J connectivity index is 0.00000210. The van der Waals surface area contributed by atoms with Crippen LogP contribution in [0.5, 0.6) is 0 Å². The summed E-state index contributed by atoms with van der Waals surface area (Å²) in [5, 5.41) is 3.00. The number of rotatable bonds is 2. The first kappa shape index (κ1) is 20.1. The van der Waals surface area contributed by atoms with E-state index in [-0.39, 0.29) is 32.9 Å². The van der Waals surface area contributed by atoms with Crippen molar-refractivity contribution in [3.05, 3.63) is 59.2 Å². The minimum absolute atomic E-state index is 0. The zero-order valence-electron chi connectivity index (χ0n) is 15.3. The van der Waals surface area contributed by atoms with E-state index in [1.54, 1.807) is 0 Å². The first-order valence-electron chi connectivity index (χ1n) is 8.85. The van der Waals surface area contributed by atoms with E-state index in [9.17, 15) is 9.59 Å². The van der Waals surface area contributed by atoms with Gasteiger partial charge < -0.3 is 0 Å². The van der Waals surface area contributed by atoms with Crippen LogP contribution in [0, 0.1) is 19.9 Å². The molecule has 0 radical (unpaired) electrons. The second kappa shape index (κ2) is 7.41. The van der Waals surface area contributed by atoms with Gasteiger partial charge in [-0.1, -0.05) is 53.9 Å². The minimum Gasteiger partial charge on any atom is -0.270 e. The van der Waals surface area contributed by atoms with Crippen LogP contribution in [-0.4, -0.2) is 34.9 Å². The molecule has 0 bridgehead atoms. The van der Waals surface area contributed by atoms with Crippen LogP contribution in [0.4, 0.5) is 0 Å². The van der Waals surface area contributed by atoms with Crippen molar-refractivity contribution >= 4 is 23.4 Å². The molecule has 4 nitrogen and oxygen atoms in total. The number of hydrazine groups is 1. The molecule has 2 heterocycles. The number of carbonyl (C=O) groups excluding carboxylic acids is 2. The zero-order chi connectivity index (χ0) is 18.5. The number of fused-ring (bicyclic) bond motifs is 1. The van der Waals surface area contributed by atoms with Gasteiger partial charge in [-0.05, 0) is 19.8 Å². The van der Waals surface area contributed by atoms with Gasteiger partial charge in [0.1, 0.15) is 0 Å².